The number of aliphatic hydroxyl groups excluding tert-OH is 2. The van der Waals surface area contributed by atoms with Crippen LogP contribution in [-0.4, -0.2) is 44.8 Å². The number of amides is 2. The van der Waals surface area contributed by atoms with Crippen LogP contribution in [-0.2, 0) is 9.59 Å². The molecule has 2 aliphatic rings. The minimum absolute atomic E-state index is 0.120. The number of benzene rings is 3. The number of phenolic OH excluding ortho intramolecular Hbond substituents is 1. The number of rotatable bonds is 9. The first-order valence-electron chi connectivity index (χ1n) is 13.8. The lowest BCUT2D eigenvalue weighted by atomic mass is 9.68. The fourth-order valence-electron chi connectivity index (χ4n) is 6.33. The summed E-state index contributed by atoms with van der Waals surface area (Å²) in [5.41, 5.74) is 3.91. The minimum atomic E-state index is -0.978. The lowest BCUT2D eigenvalue weighted by molar-refractivity contribution is -0.384. The second kappa shape index (κ2) is 12.1. The molecule has 2 amide bonds. The van der Waals surface area contributed by atoms with E-state index in [9.17, 15) is 35.0 Å². The van der Waals surface area contributed by atoms with Crippen molar-refractivity contribution >= 4 is 34.8 Å². The van der Waals surface area contributed by atoms with E-state index in [-0.39, 0.29) is 23.5 Å². The van der Waals surface area contributed by atoms with Gasteiger partial charge in [-0.1, -0.05) is 60.2 Å². The Hall–Kier alpha value is -4.60. The SMILES string of the molecule is CC1=C([C@H](O)CC/C(=C/c2cccc(O)c2)c2ccccc2)[C@H](CO)[C@@H]2C(=O)N(c3cccc([N+](=O)[O-])c3)C(=O)[C@@H]2C1. The molecular weight excluding hydrogens is 536 g/mol. The number of allylic oxidation sites excluding steroid dienone is 2. The lowest BCUT2D eigenvalue weighted by Gasteiger charge is -2.35. The maximum absolute atomic E-state index is 13.6. The van der Waals surface area contributed by atoms with Crippen LogP contribution in [0.5, 0.6) is 5.75 Å². The third-order valence-electron chi connectivity index (χ3n) is 8.23. The van der Waals surface area contributed by atoms with Crippen LogP contribution in [0.3, 0.4) is 0 Å². The van der Waals surface area contributed by atoms with Gasteiger partial charge in [0, 0.05) is 18.1 Å². The fourth-order valence-corrected chi connectivity index (χ4v) is 6.33. The topological polar surface area (TPSA) is 141 Å². The fraction of sp³-hybridized carbons (Fsp3) is 0.273. The molecule has 3 aromatic carbocycles. The molecule has 4 atom stereocenters. The summed E-state index contributed by atoms with van der Waals surface area (Å²) in [6.45, 7) is 1.38. The van der Waals surface area contributed by atoms with Crippen LogP contribution in [0.15, 0.2) is 90.0 Å². The monoisotopic (exact) mass is 568 g/mol. The highest BCUT2D eigenvalue weighted by Gasteiger charge is 2.55. The number of nitro groups is 1. The molecule has 3 aromatic rings. The molecular formula is C33H32N2O7. The Labute approximate surface area is 243 Å². The number of aromatic hydroxyl groups is 1. The molecule has 5 rings (SSSR count). The number of anilines is 1. The van der Waals surface area contributed by atoms with E-state index in [1.807, 2.05) is 49.4 Å². The molecule has 1 aliphatic carbocycles. The molecule has 3 N–H and O–H groups in total. The molecule has 42 heavy (non-hydrogen) atoms. The van der Waals surface area contributed by atoms with Gasteiger partial charge in [0.2, 0.25) is 11.8 Å². The second-order valence-corrected chi connectivity index (χ2v) is 10.8. The van der Waals surface area contributed by atoms with Gasteiger partial charge in [-0.15, -0.1) is 0 Å². The van der Waals surface area contributed by atoms with Crippen molar-refractivity contribution in [2.24, 2.45) is 17.8 Å². The molecule has 216 valence electrons. The van der Waals surface area contributed by atoms with Gasteiger partial charge in [-0.2, -0.15) is 0 Å². The molecule has 1 saturated heterocycles. The second-order valence-electron chi connectivity index (χ2n) is 10.8. The van der Waals surface area contributed by atoms with Gasteiger partial charge in [0.1, 0.15) is 5.75 Å². The van der Waals surface area contributed by atoms with E-state index in [1.165, 1.54) is 24.3 Å². The minimum Gasteiger partial charge on any atom is -0.508 e. The number of carbonyl (C=O) groups is 2. The van der Waals surface area contributed by atoms with E-state index in [0.29, 0.717) is 18.4 Å². The number of aliphatic hydroxyl groups is 2. The van der Waals surface area contributed by atoms with Crippen LogP contribution < -0.4 is 4.90 Å². The normalized spacial score (nSPS) is 21.5. The van der Waals surface area contributed by atoms with Crippen LogP contribution in [0, 0.1) is 27.9 Å². The molecule has 0 unspecified atom stereocenters. The van der Waals surface area contributed by atoms with Crippen molar-refractivity contribution in [3.05, 3.63) is 111 Å². The molecule has 1 aliphatic heterocycles. The third-order valence-corrected chi connectivity index (χ3v) is 8.23. The van der Waals surface area contributed by atoms with Gasteiger partial charge in [0.05, 0.1) is 35.2 Å². The number of fused-ring (bicyclic) bond motifs is 1. The highest BCUT2D eigenvalue weighted by Crippen LogP contribution is 2.47. The van der Waals surface area contributed by atoms with Crippen molar-refractivity contribution in [1.29, 1.82) is 0 Å². The van der Waals surface area contributed by atoms with E-state index in [0.717, 1.165) is 27.2 Å². The largest absolute Gasteiger partial charge is 0.508 e. The van der Waals surface area contributed by atoms with Gasteiger partial charge < -0.3 is 15.3 Å². The molecule has 1 heterocycles. The molecule has 9 nitrogen and oxygen atoms in total. The van der Waals surface area contributed by atoms with E-state index in [1.54, 1.807) is 18.2 Å². The van der Waals surface area contributed by atoms with Gasteiger partial charge in [-0.3, -0.25) is 19.7 Å². The van der Waals surface area contributed by atoms with E-state index < -0.39 is 47.2 Å². The Kier molecular flexibility index (Phi) is 8.33. The van der Waals surface area contributed by atoms with E-state index in [4.69, 9.17) is 0 Å². The first-order chi connectivity index (χ1) is 20.2. The number of nitrogens with zero attached hydrogens (tertiary/aromatic N) is 2. The Bertz CT molecular complexity index is 1580. The van der Waals surface area contributed by atoms with Crippen LogP contribution >= 0.6 is 0 Å². The molecule has 0 saturated carbocycles. The van der Waals surface area contributed by atoms with Crippen molar-refractivity contribution in [1.82, 2.24) is 0 Å². The average Bonchev–Trinajstić information content (AvgIpc) is 3.23. The standard InChI is InChI=1S/C33H32N2O7/c1-20-15-27-31(33(40)34(32(27)39)24-10-6-11-25(18-24)35(41)42)28(19-36)30(20)29(38)14-13-23(22-8-3-2-4-9-22)16-21-7-5-12-26(37)17-21/h2-12,16-18,27-29,31,36-38H,13-15,19H2,1H3/b23-16-/t27-,28+,29-,31-/m1/s1. The predicted molar refractivity (Wildman–Crippen MR) is 158 cm³/mol. The number of hydrogen-bond donors (Lipinski definition) is 3. The molecule has 0 bridgehead atoms. The Morgan fingerprint density at radius 1 is 1.05 bits per heavy atom. The van der Waals surface area contributed by atoms with Crippen molar-refractivity contribution in [3.63, 3.8) is 0 Å². The summed E-state index contributed by atoms with van der Waals surface area (Å²) in [6, 6.07) is 22.0. The Morgan fingerprint density at radius 3 is 2.48 bits per heavy atom. The molecule has 0 spiro atoms. The number of nitro benzene ring substituents is 1. The first kappa shape index (κ1) is 28.9. The summed E-state index contributed by atoms with van der Waals surface area (Å²) in [5, 5.41) is 43.2. The summed E-state index contributed by atoms with van der Waals surface area (Å²) >= 11 is 0. The van der Waals surface area contributed by atoms with Crippen molar-refractivity contribution < 1.29 is 29.8 Å². The summed E-state index contributed by atoms with van der Waals surface area (Å²) < 4.78 is 0. The number of carbonyl (C=O) groups excluding carboxylic acids is 2. The van der Waals surface area contributed by atoms with Crippen molar-refractivity contribution in [2.45, 2.75) is 32.3 Å². The highest BCUT2D eigenvalue weighted by atomic mass is 16.6. The molecule has 9 heteroatoms. The quantitative estimate of drug-likeness (QED) is 0.107. The van der Waals surface area contributed by atoms with Gasteiger partial charge in [-0.05, 0) is 66.7 Å². The van der Waals surface area contributed by atoms with Crippen molar-refractivity contribution in [2.75, 3.05) is 11.5 Å². The molecule has 1 fully saturated rings. The number of phenols is 1. The predicted octanol–water partition coefficient (Wildman–Crippen LogP) is 5.12. The Balaban J connectivity index is 1.40. The maximum Gasteiger partial charge on any atom is 0.271 e. The number of hydrogen-bond acceptors (Lipinski definition) is 7. The summed E-state index contributed by atoms with van der Waals surface area (Å²) in [6.07, 6.45) is 2.00. The number of imide groups is 1. The zero-order valence-corrected chi connectivity index (χ0v) is 23.1. The van der Waals surface area contributed by atoms with Crippen molar-refractivity contribution in [3.8, 4) is 5.75 Å². The zero-order valence-electron chi connectivity index (χ0n) is 23.1. The lowest BCUT2D eigenvalue weighted by Crippen LogP contribution is -2.38. The maximum atomic E-state index is 13.6. The zero-order chi connectivity index (χ0) is 30.0. The van der Waals surface area contributed by atoms with Gasteiger partial charge >= 0.3 is 0 Å². The van der Waals surface area contributed by atoms with Gasteiger partial charge in [-0.25, -0.2) is 4.90 Å². The van der Waals surface area contributed by atoms with Crippen LogP contribution in [0.1, 0.15) is 37.3 Å². The third kappa shape index (κ3) is 5.61. The van der Waals surface area contributed by atoms with Crippen LogP contribution in [0.4, 0.5) is 11.4 Å². The summed E-state index contributed by atoms with van der Waals surface area (Å²) in [4.78, 5) is 38.8. The van der Waals surface area contributed by atoms with Gasteiger partial charge in [0.15, 0.2) is 0 Å². The first-order valence-corrected chi connectivity index (χ1v) is 13.8. The summed E-state index contributed by atoms with van der Waals surface area (Å²) in [5.74, 6) is -3.22. The van der Waals surface area contributed by atoms with E-state index in [2.05, 4.69) is 0 Å². The smallest absolute Gasteiger partial charge is 0.271 e. The van der Waals surface area contributed by atoms with Crippen LogP contribution in [0.2, 0.25) is 0 Å². The highest BCUT2D eigenvalue weighted by molar-refractivity contribution is 6.22. The Morgan fingerprint density at radius 2 is 1.79 bits per heavy atom. The number of non-ortho nitro benzene ring substituents is 1. The van der Waals surface area contributed by atoms with Crippen LogP contribution in [0.25, 0.3) is 11.6 Å². The summed E-state index contributed by atoms with van der Waals surface area (Å²) in [7, 11) is 0. The average molecular weight is 569 g/mol. The van der Waals surface area contributed by atoms with Gasteiger partial charge in [0.25, 0.3) is 5.69 Å². The molecule has 0 radical (unpaired) electrons. The van der Waals surface area contributed by atoms with E-state index >= 15 is 0 Å². The molecule has 0 aromatic heterocycles.